The fourth-order valence-electron chi connectivity index (χ4n) is 4.88. The summed E-state index contributed by atoms with van der Waals surface area (Å²) in [6, 6.07) is 9.69. The normalized spacial score (nSPS) is 41.9. The van der Waals surface area contributed by atoms with Crippen LogP contribution >= 0.6 is 0 Å². The van der Waals surface area contributed by atoms with Crippen LogP contribution in [0.1, 0.15) is 39.2 Å². The van der Waals surface area contributed by atoms with Gasteiger partial charge in [-0.25, -0.2) is 0 Å². The van der Waals surface area contributed by atoms with Crippen LogP contribution in [0.25, 0.3) is 0 Å². The van der Waals surface area contributed by atoms with Gasteiger partial charge in [0.05, 0.1) is 12.7 Å². The van der Waals surface area contributed by atoms with Crippen molar-refractivity contribution in [3.05, 3.63) is 35.9 Å². The first-order valence-electron chi connectivity index (χ1n) is 8.45. The molecule has 0 amide bonds. The topological polar surface area (TPSA) is 38.7 Å². The molecule has 1 N–H and O–H groups in total. The van der Waals surface area contributed by atoms with Gasteiger partial charge in [0.15, 0.2) is 6.29 Å². The number of benzene rings is 1. The lowest BCUT2D eigenvalue weighted by molar-refractivity contribution is -0.337. The minimum absolute atomic E-state index is 0.241. The molecule has 3 aliphatic carbocycles. The van der Waals surface area contributed by atoms with Crippen LogP contribution in [0.4, 0.5) is 0 Å². The van der Waals surface area contributed by atoms with E-state index in [2.05, 4.69) is 13.8 Å². The van der Waals surface area contributed by atoms with E-state index >= 15 is 0 Å². The lowest BCUT2D eigenvalue weighted by atomic mass is 9.45. The molecule has 2 bridgehead atoms. The highest BCUT2D eigenvalue weighted by Gasteiger charge is 2.60. The number of rotatable bonds is 2. The van der Waals surface area contributed by atoms with Gasteiger partial charge in [0.25, 0.3) is 0 Å². The van der Waals surface area contributed by atoms with Gasteiger partial charge in [-0.15, -0.1) is 0 Å². The summed E-state index contributed by atoms with van der Waals surface area (Å²) in [5.41, 5.74) is 0.172. The Morgan fingerprint density at radius 3 is 2.59 bits per heavy atom. The molecule has 1 heterocycles. The van der Waals surface area contributed by atoms with Crippen LogP contribution < -0.4 is 0 Å². The molecule has 4 aliphatic rings. The molecular weight excluding hydrogens is 276 g/mol. The third-order valence-electron chi connectivity index (χ3n) is 6.61. The van der Waals surface area contributed by atoms with Crippen LogP contribution in [0.2, 0.25) is 0 Å². The van der Waals surface area contributed by atoms with Crippen molar-refractivity contribution in [3.8, 4) is 0 Å². The van der Waals surface area contributed by atoms with Crippen LogP contribution in [-0.4, -0.2) is 24.1 Å². The smallest absolute Gasteiger partial charge is 0.190 e. The van der Waals surface area contributed by atoms with Gasteiger partial charge in [-0.05, 0) is 42.6 Å². The van der Waals surface area contributed by atoms with E-state index in [1.165, 1.54) is 6.42 Å². The first-order valence-corrected chi connectivity index (χ1v) is 8.45. The average Bonchev–Trinajstić information content (AvgIpc) is 2.54. The molecule has 0 unspecified atom stereocenters. The monoisotopic (exact) mass is 302 g/mol. The molecule has 6 atom stereocenters. The van der Waals surface area contributed by atoms with E-state index in [0.29, 0.717) is 23.9 Å². The number of hydrogen-bond donors (Lipinski definition) is 1. The Bertz CT molecular complexity index is 551. The fourth-order valence-corrected chi connectivity index (χ4v) is 4.88. The zero-order valence-corrected chi connectivity index (χ0v) is 13.7. The van der Waals surface area contributed by atoms with Gasteiger partial charge >= 0.3 is 0 Å². The summed E-state index contributed by atoms with van der Waals surface area (Å²) in [5.74, 6) is 1.96. The first-order chi connectivity index (χ1) is 10.4. The molecule has 0 spiro atoms. The summed E-state index contributed by atoms with van der Waals surface area (Å²) in [7, 11) is 0. The molecule has 5 rings (SSSR count). The standard InChI is InChI=1S/C19H26O3/c1-18(2)13-9-15(18)14-11-21-17(22-16(14)10-13)19(3,20)12-7-5-4-6-8-12/h4-8,13-17,20H,9-11H2,1-3H3/t13-,14+,15+,16+,17-,19+/m1/s1. The highest BCUT2D eigenvalue weighted by atomic mass is 16.7. The van der Waals surface area contributed by atoms with Crippen molar-refractivity contribution in [3.63, 3.8) is 0 Å². The zero-order chi connectivity index (χ0) is 15.5. The van der Waals surface area contributed by atoms with Crippen molar-refractivity contribution in [1.82, 2.24) is 0 Å². The molecule has 1 aliphatic heterocycles. The maximum absolute atomic E-state index is 10.9. The third-order valence-corrected chi connectivity index (χ3v) is 6.61. The summed E-state index contributed by atoms with van der Waals surface area (Å²) >= 11 is 0. The molecular formula is C19H26O3. The first kappa shape index (κ1) is 14.7. The van der Waals surface area contributed by atoms with Gasteiger partial charge in [-0.1, -0.05) is 44.2 Å². The van der Waals surface area contributed by atoms with Gasteiger partial charge in [-0.3, -0.25) is 0 Å². The van der Waals surface area contributed by atoms with E-state index in [-0.39, 0.29) is 6.10 Å². The second-order valence-electron chi connectivity index (χ2n) is 8.11. The predicted octanol–water partition coefficient (Wildman–Crippen LogP) is 3.32. The SMILES string of the molecule is CC1(C)[C@H]2C[C@@H]3O[C@H]([C@@](C)(O)c4ccccc4)OC[C@H]3[C@@H]1C2. The Labute approximate surface area is 132 Å². The highest BCUT2D eigenvalue weighted by molar-refractivity contribution is 5.22. The second-order valence-corrected chi connectivity index (χ2v) is 8.11. The number of aliphatic hydroxyl groups is 1. The van der Waals surface area contributed by atoms with Gasteiger partial charge in [0.2, 0.25) is 0 Å². The van der Waals surface area contributed by atoms with Crippen LogP contribution in [0.5, 0.6) is 0 Å². The van der Waals surface area contributed by atoms with Crippen molar-refractivity contribution in [2.24, 2.45) is 23.2 Å². The van der Waals surface area contributed by atoms with Crippen molar-refractivity contribution in [1.29, 1.82) is 0 Å². The van der Waals surface area contributed by atoms with Crippen LogP contribution in [0.15, 0.2) is 30.3 Å². The minimum Gasteiger partial charge on any atom is -0.380 e. The summed E-state index contributed by atoms with van der Waals surface area (Å²) in [6.07, 6.45) is 2.10. The van der Waals surface area contributed by atoms with E-state index in [9.17, 15) is 5.11 Å². The highest BCUT2D eigenvalue weighted by Crippen LogP contribution is 2.62. The largest absolute Gasteiger partial charge is 0.380 e. The lowest BCUT2D eigenvalue weighted by Gasteiger charge is -2.64. The zero-order valence-electron chi connectivity index (χ0n) is 13.7. The third kappa shape index (κ3) is 1.99. The number of hydrogen-bond acceptors (Lipinski definition) is 3. The van der Waals surface area contributed by atoms with E-state index < -0.39 is 11.9 Å². The Morgan fingerprint density at radius 2 is 1.91 bits per heavy atom. The van der Waals surface area contributed by atoms with Crippen molar-refractivity contribution in [2.75, 3.05) is 6.61 Å². The van der Waals surface area contributed by atoms with Gasteiger partial charge in [0, 0.05) is 5.92 Å². The van der Waals surface area contributed by atoms with E-state index in [1.54, 1.807) is 6.92 Å². The van der Waals surface area contributed by atoms with Crippen molar-refractivity contribution >= 4 is 0 Å². The minimum atomic E-state index is -1.11. The van der Waals surface area contributed by atoms with Gasteiger partial charge < -0.3 is 14.6 Å². The lowest BCUT2D eigenvalue weighted by Crippen LogP contribution is -2.63. The molecule has 0 aromatic heterocycles. The molecule has 1 aromatic rings. The summed E-state index contributed by atoms with van der Waals surface area (Å²) in [6.45, 7) is 7.27. The Kier molecular flexibility index (Phi) is 3.20. The molecule has 1 aromatic carbocycles. The maximum atomic E-state index is 10.9. The molecule has 3 saturated carbocycles. The summed E-state index contributed by atoms with van der Waals surface area (Å²) < 4.78 is 12.2. The maximum Gasteiger partial charge on any atom is 0.190 e. The average molecular weight is 302 g/mol. The van der Waals surface area contributed by atoms with Crippen molar-refractivity contribution in [2.45, 2.75) is 51.6 Å². The Balaban J connectivity index is 1.52. The molecule has 22 heavy (non-hydrogen) atoms. The van der Waals surface area contributed by atoms with Gasteiger partial charge in [0.1, 0.15) is 5.60 Å². The molecule has 120 valence electrons. The summed E-state index contributed by atoms with van der Waals surface area (Å²) in [5, 5.41) is 10.9. The molecule has 3 heteroatoms. The number of ether oxygens (including phenoxy) is 2. The Morgan fingerprint density at radius 1 is 1.18 bits per heavy atom. The predicted molar refractivity (Wildman–Crippen MR) is 84.1 cm³/mol. The molecule has 0 radical (unpaired) electrons. The second kappa shape index (κ2) is 4.80. The van der Waals surface area contributed by atoms with E-state index in [4.69, 9.17) is 9.47 Å². The van der Waals surface area contributed by atoms with Crippen LogP contribution in [0, 0.1) is 23.2 Å². The molecule has 1 saturated heterocycles. The summed E-state index contributed by atoms with van der Waals surface area (Å²) in [4.78, 5) is 0. The fraction of sp³-hybridized carbons (Fsp3) is 0.684. The van der Waals surface area contributed by atoms with E-state index in [0.717, 1.165) is 17.9 Å². The Hall–Kier alpha value is -0.900. The van der Waals surface area contributed by atoms with Crippen LogP contribution in [-0.2, 0) is 15.1 Å². The quantitative estimate of drug-likeness (QED) is 0.911. The van der Waals surface area contributed by atoms with Crippen molar-refractivity contribution < 1.29 is 14.6 Å². The molecule has 3 nitrogen and oxygen atoms in total. The van der Waals surface area contributed by atoms with Crippen LogP contribution in [0.3, 0.4) is 0 Å². The van der Waals surface area contributed by atoms with E-state index in [1.807, 2.05) is 30.3 Å². The molecule has 4 fully saturated rings. The van der Waals surface area contributed by atoms with Gasteiger partial charge in [-0.2, -0.15) is 0 Å².